The topological polar surface area (TPSA) is 66.8 Å². The van der Waals surface area contributed by atoms with Gasteiger partial charge in [0, 0.05) is 0 Å². The predicted molar refractivity (Wildman–Crippen MR) is 153 cm³/mol. The Kier molecular flexibility index (Phi) is 24.5. The lowest BCUT2D eigenvalue weighted by Crippen LogP contribution is -2.32. The van der Waals surface area contributed by atoms with Crippen LogP contribution >= 0.6 is 7.82 Å². The molecule has 0 atom stereocenters. The molecule has 0 aliphatic heterocycles. The van der Waals surface area contributed by atoms with Gasteiger partial charge in [0.05, 0.1) is 5.60 Å². The third-order valence-electron chi connectivity index (χ3n) is 7.52. The highest BCUT2D eigenvalue weighted by Crippen LogP contribution is 2.47. The molecule has 0 saturated heterocycles. The van der Waals surface area contributed by atoms with E-state index in [1.807, 2.05) is 0 Å². The van der Waals surface area contributed by atoms with Gasteiger partial charge in [-0.3, -0.25) is 4.52 Å². The third-order valence-corrected chi connectivity index (χ3v) is 8.15. The SMILES string of the molecule is CCCCCCCCCCCCC(CCCCC)(CCCCCCCCCCCC)OP(=O)(O)O. The first-order chi connectivity index (χ1) is 16.9. The third kappa shape index (κ3) is 24.2. The zero-order valence-corrected chi connectivity index (χ0v) is 24.9. The Labute approximate surface area is 220 Å². The molecule has 0 bridgehead atoms. The average Bonchev–Trinajstić information content (AvgIpc) is 2.80. The molecule has 0 amide bonds. The fraction of sp³-hybridized carbons (Fsp3) is 1.00. The molecular formula is C30H63O4P. The van der Waals surface area contributed by atoms with Crippen molar-refractivity contribution in [2.24, 2.45) is 0 Å². The summed E-state index contributed by atoms with van der Waals surface area (Å²) in [5.74, 6) is 0. The van der Waals surface area contributed by atoms with Crippen molar-refractivity contribution in [1.29, 1.82) is 0 Å². The molecule has 0 aliphatic carbocycles. The quantitative estimate of drug-likeness (QED) is 0.0798. The van der Waals surface area contributed by atoms with Crippen LogP contribution in [-0.2, 0) is 9.09 Å². The fourth-order valence-electron chi connectivity index (χ4n) is 5.33. The highest BCUT2D eigenvalue weighted by atomic mass is 31.2. The van der Waals surface area contributed by atoms with Crippen LogP contribution in [0.25, 0.3) is 0 Å². The van der Waals surface area contributed by atoms with Crippen molar-refractivity contribution in [3.63, 3.8) is 0 Å². The van der Waals surface area contributed by atoms with Crippen molar-refractivity contribution in [3.05, 3.63) is 0 Å². The molecule has 212 valence electrons. The van der Waals surface area contributed by atoms with E-state index in [1.54, 1.807) is 0 Å². The van der Waals surface area contributed by atoms with Crippen LogP contribution in [0.3, 0.4) is 0 Å². The van der Waals surface area contributed by atoms with E-state index in [2.05, 4.69) is 20.8 Å². The van der Waals surface area contributed by atoms with Gasteiger partial charge in [0.2, 0.25) is 0 Å². The monoisotopic (exact) mass is 518 g/mol. The molecule has 0 saturated carbocycles. The van der Waals surface area contributed by atoms with Gasteiger partial charge in [-0.1, -0.05) is 168 Å². The number of hydrogen-bond acceptors (Lipinski definition) is 2. The maximum Gasteiger partial charge on any atom is 0.470 e. The summed E-state index contributed by atoms with van der Waals surface area (Å²) in [6.45, 7) is 6.69. The lowest BCUT2D eigenvalue weighted by Gasteiger charge is -2.34. The second kappa shape index (κ2) is 24.4. The summed E-state index contributed by atoms with van der Waals surface area (Å²) in [7, 11) is -4.50. The van der Waals surface area contributed by atoms with Gasteiger partial charge in [0.15, 0.2) is 0 Å². The van der Waals surface area contributed by atoms with E-state index in [-0.39, 0.29) is 0 Å². The Bertz CT molecular complexity index is 453. The van der Waals surface area contributed by atoms with E-state index < -0.39 is 13.4 Å². The zero-order chi connectivity index (χ0) is 26.1. The van der Waals surface area contributed by atoms with Crippen molar-refractivity contribution in [2.45, 2.75) is 193 Å². The van der Waals surface area contributed by atoms with E-state index in [4.69, 9.17) is 4.52 Å². The number of unbranched alkanes of at least 4 members (excludes halogenated alkanes) is 20. The number of phosphoric acid groups is 1. The van der Waals surface area contributed by atoms with E-state index in [9.17, 15) is 14.4 Å². The molecule has 0 radical (unpaired) electrons. The van der Waals surface area contributed by atoms with Gasteiger partial charge in [-0.25, -0.2) is 4.57 Å². The molecule has 0 rings (SSSR count). The Hall–Kier alpha value is 0.110. The van der Waals surface area contributed by atoms with Crippen LogP contribution in [-0.4, -0.2) is 15.4 Å². The maximum absolute atomic E-state index is 11.9. The molecule has 0 unspecified atom stereocenters. The molecule has 0 aliphatic rings. The molecule has 35 heavy (non-hydrogen) atoms. The second-order valence-corrected chi connectivity index (χ2v) is 12.2. The van der Waals surface area contributed by atoms with Crippen LogP contribution in [0.5, 0.6) is 0 Å². The van der Waals surface area contributed by atoms with Gasteiger partial charge in [-0.05, 0) is 19.3 Å². The van der Waals surface area contributed by atoms with Gasteiger partial charge >= 0.3 is 7.82 Å². The van der Waals surface area contributed by atoms with E-state index in [0.29, 0.717) is 0 Å². The van der Waals surface area contributed by atoms with Crippen molar-refractivity contribution in [1.82, 2.24) is 0 Å². The molecule has 2 N–H and O–H groups in total. The van der Waals surface area contributed by atoms with Crippen molar-refractivity contribution in [2.75, 3.05) is 0 Å². The minimum absolute atomic E-state index is 0.644. The zero-order valence-electron chi connectivity index (χ0n) is 24.0. The molecule has 0 aromatic carbocycles. The summed E-state index contributed by atoms with van der Waals surface area (Å²) >= 11 is 0. The first kappa shape index (κ1) is 35.1. The number of phosphoric ester groups is 1. The minimum Gasteiger partial charge on any atom is -0.303 e. The smallest absolute Gasteiger partial charge is 0.303 e. The van der Waals surface area contributed by atoms with Gasteiger partial charge in [-0.15, -0.1) is 0 Å². The van der Waals surface area contributed by atoms with Crippen molar-refractivity contribution in [3.8, 4) is 0 Å². The first-order valence-corrected chi connectivity index (χ1v) is 17.2. The van der Waals surface area contributed by atoms with Crippen LogP contribution in [0.4, 0.5) is 0 Å². The van der Waals surface area contributed by atoms with Crippen molar-refractivity contribution >= 4 is 7.82 Å². The molecule has 4 nitrogen and oxygen atoms in total. The molecule has 5 heteroatoms. The summed E-state index contributed by atoms with van der Waals surface area (Å²) in [6, 6.07) is 0. The molecule has 0 aromatic heterocycles. The summed E-state index contributed by atoms with van der Waals surface area (Å²) in [4.78, 5) is 19.4. The van der Waals surface area contributed by atoms with E-state index in [0.717, 1.165) is 64.2 Å². The Morgan fingerprint density at radius 3 is 0.971 bits per heavy atom. The van der Waals surface area contributed by atoms with E-state index in [1.165, 1.54) is 103 Å². The standard InChI is InChI=1S/C30H63O4P/c1-4-7-10-12-14-16-18-20-22-25-28-30(27-24-9-6-3,34-35(31,32)33)29-26-23-21-19-17-15-13-11-8-5-2/h4-29H2,1-3H3,(H2,31,32,33). The molecule has 0 aromatic rings. The summed E-state index contributed by atoms with van der Waals surface area (Å²) in [5, 5.41) is 0. The van der Waals surface area contributed by atoms with Crippen molar-refractivity contribution < 1.29 is 18.9 Å². The van der Waals surface area contributed by atoms with Crippen LogP contribution in [0, 0.1) is 0 Å². The Morgan fingerprint density at radius 2 is 0.686 bits per heavy atom. The molecule has 0 fully saturated rings. The summed E-state index contributed by atoms with van der Waals surface area (Å²) < 4.78 is 17.5. The predicted octanol–water partition coefficient (Wildman–Crippen LogP) is 11.0. The lowest BCUT2D eigenvalue weighted by molar-refractivity contribution is 0.00543. The average molecular weight is 519 g/mol. The Balaban J connectivity index is 4.45. The van der Waals surface area contributed by atoms with Gasteiger partial charge in [0.1, 0.15) is 0 Å². The summed E-state index contributed by atoms with van der Waals surface area (Å²) in [6.07, 6.45) is 31.0. The van der Waals surface area contributed by atoms with Crippen LogP contribution in [0.2, 0.25) is 0 Å². The largest absolute Gasteiger partial charge is 0.470 e. The van der Waals surface area contributed by atoms with Crippen LogP contribution in [0.15, 0.2) is 0 Å². The van der Waals surface area contributed by atoms with Gasteiger partial charge in [0.25, 0.3) is 0 Å². The van der Waals surface area contributed by atoms with Gasteiger partial charge < -0.3 is 9.79 Å². The minimum atomic E-state index is -4.50. The fourth-order valence-corrected chi connectivity index (χ4v) is 6.11. The van der Waals surface area contributed by atoms with Crippen LogP contribution < -0.4 is 0 Å². The first-order valence-electron chi connectivity index (χ1n) is 15.7. The van der Waals surface area contributed by atoms with E-state index >= 15 is 0 Å². The summed E-state index contributed by atoms with van der Waals surface area (Å²) in [5.41, 5.74) is -0.644. The second-order valence-electron chi connectivity index (χ2n) is 11.1. The highest BCUT2D eigenvalue weighted by molar-refractivity contribution is 7.46. The van der Waals surface area contributed by atoms with Crippen LogP contribution in [0.1, 0.15) is 188 Å². The normalized spacial score (nSPS) is 12.5. The maximum atomic E-state index is 11.9. The highest BCUT2D eigenvalue weighted by Gasteiger charge is 2.36. The number of hydrogen-bond donors (Lipinski definition) is 2. The number of rotatable bonds is 28. The Morgan fingerprint density at radius 1 is 0.457 bits per heavy atom. The molecule has 0 heterocycles. The lowest BCUT2D eigenvalue weighted by atomic mass is 9.85. The molecular weight excluding hydrogens is 455 g/mol. The molecule has 0 spiro atoms. The van der Waals surface area contributed by atoms with Gasteiger partial charge in [-0.2, -0.15) is 0 Å².